The number of unbranched alkanes of at least 4 members (excludes halogenated alkanes) is 1. The number of aromatic nitrogens is 3. The third-order valence-corrected chi connectivity index (χ3v) is 6.52. The van der Waals surface area contributed by atoms with Crippen LogP contribution in [0.5, 0.6) is 5.88 Å². The Morgan fingerprint density at radius 1 is 0.975 bits per heavy atom. The zero-order valence-electron chi connectivity index (χ0n) is 21.6. The van der Waals surface area contributed by atoms with Gasteiger partial charge in [-0.15, -0.1) is 0 Å². The van der Waals surface area contributed by atoms with Gasteiger partial charge in [0.1, 0.15) is 6.61 Å². The van der Waals surface area contributed by atoms with Crippen molar-refractivity contribution in [3.8, 4) is 5.88 Å². The van der Waals surface area contributed by atoms with Gasteiger partial charge in [0.2, 0.25) is 11.8 Å². The van der Waals surface area contributed by atoms with Crippen molar-refractivity contribution in [3.63, 3.8) is 0 Å². The second kappa shape index (κ2) is 11.9. The molecule has 2 aromatic carbocycles. The molecule has 0 aliphatic heterocycles. The average molecular weight is 552 g/mol. The van der Waals surface area contributed by atoms with Gasteiger partial charge in [-0.3, -0.25) is 9.78 Å². The molecule has 11 heteroatoms. The van der Waals surface area contributed by atoms with E-state index in [9.17, 15) is 18.0 Å². The maximum atomic E-state index is 12.9. The number of aromatic amines is 1. The molecule has 40 heavy (non-hydrogen) atoms. The number of nitrogens with zero attached hydrogens (tertiary/aromatic N) is 2. The van der Waals surface area contributed by atoms with Gasteiger partial charge >= 0.3 is 6.18 Å². The van der Waals surface area contributed by atoms with Gasteiger partial charge in [0.15, 0.2) is 0 Å². The van der Waals surface area contributed by atoms with Crippen molar-refractivity contribution in [2.75, 3.05) is 26.4 Å². The Labute approximate surface area is 227 Å². The molecule has 0 aliphatic rings. The number of pyridine rings is 2. The van der Waals surface area contributed by atoms with Crippen molar-refractivity contribution in [2.24, 2.45) is 5.73 Å². The molecule has 0 radical (unpaired) electrons. The van der Waals surface area contributed by atoms with Gasteiger partial charge in [0.05, 0.1) is 17.7 Å². The fourth-order valence-electron chi connectivity index (χ4n) is 4.52. The molecule has 0 fully saturated rings. The molecule has 0 saturated carbocycles. The normalized spacial score (nSPS) is 12.0. The zero-order valence-corrected chi connectivity index (χ0v) is 21.6. The Morgan fingerprint density at radius 3 is 2.67 bits per heavy atom. The first kappa shape index (κ1) is 27.4. The number of primary amides is 1. The molecule has 208 valence electrons. The van der Waals surface area contributed by atoms with E-state index in [1.54, 1.807) is 36.7 Å². The molecular formula is C29H28F3N5O3. The average Bonchev–Trinajstić information content (AvgIpc) is 3.35. The predicted octanol–water partition coefficient (Wildman–Crippen LogP) is 5.35. The number of hydrogen-bond donors (Lipinski definition) is 3. The van der Waals surface area contributed by atoms with E-state index in [1.165, 1.54) is 6.07 Å². The highest BCUT2D eigenvalue weighted by Crippen LogP contribution is 2.32. The highest BCUT2D eigenvalue weighted by atomic mass is 19.4. The fraction of sp³-hybridized carbons (Fsp3) is 0.276. The molecule has 0 atom stereocenters. The van der Waals surface area contributed by atoms with Crippen molar-refractivity contribution >= 4 is 38.5 Å². The number of ether oxygens (including phenoxy) is 2. The number of alkyl halides is 3. The van der Waals surface area contributed by atoms with E-state index in [4.69, 9.17) is 15.2 Å². The summed E-state index contributed by atoms with van der Waals surface area (Å²) in [6, 6.07) is 12.4. The van der Waals surface area contributed by atoms with Crippen molar-refractivity contribution in [1.82, 2.24) is 20.3 Å². The number of fused-ring (bicyclic) bond motifs is 4. The number of halogens is 3. The van der Waals surface area contributed by atoms with E-state index in [2.05, 4.69) is 20.3 Å². The summed E-state index contributed by atoms with van der Waals surface area (Å²) in [5.74, 6) is -0.0900. The van der Waals surface area contributed by atoms with Crippen LogP contribution in [-0.4, -0.2) is 47.2 Å². The quantitative estimate of drug-likeness (QED) is 0.142. The van der Waals surface area contributed by atoms with E-state index in [0.29, 0.717) is 54.2 Å². The summed E-state index contributed by atoms with van der Waals surface area (Å²) in [5, 5.41) is 6.37. The van der Waals surface area contributed by atoms with Crippen molar-refractivity contribution in [3.05, 3.63) is 77.7 Å². The number of hydrogen-bond acceptors (Lipinski definition) is 6. The van der Waals surface area contributed by atoms with E-state index in [0.717, 1.165) is 53.4 Å². The van der Waals surface area contributed by atoms with Gasteiger partial charge in [0.25, 0.3) is 0 Å². The van der Waals surface area contributed by atoms with Crippen molar-refractivity contribution < 1.29 is 27.4 Å². The Balaban J connectivity index is 1.03. The number of H-pyrrole nitrogens is 1. The van der Waals surface area contributed by atoms with Gasteiger partial charge in [-0.1, -0.05) is 6.07 Å². The van der Waals surface area contributed by atoms with Crippen LogP contribution in [-0.2, 0) is 17.5 Å². The number of rotatable bonds is 12. The summed E-state index contributed by atoms with van der Waals surface area (Å²) in [6.07, 6.45) is 0.781. The van der Waals surface area contributed by atoms with Gasteiger partial charge in [-0.2, -0.15) is 13.2 Å². The highest BCUT2D eigenvalue weighted by Gasteiger charge is 2.30. The van der Waals surface area contributed by atoms with Gasteiger partial charge in [0, 0.05) is 63.9 Å². The predicted molar refractivity (Wildman–Crippen MR) is 146 cm³/mol. The first-order valence-corrected chi connectivity index (χ1v) is 12.9. The SMILES string of the molecule is NC(=O)c1ccc2c(c1)nc(OCCOCCCCNCc1cc3cc(C(F)(F)F)ccc3[nH]1)c1ccncc12. The van der Waals surface area contributed by atoms with Crippen LogP contribution in [0.1, 0.15) is 34.5 Å². The topological polar surface area (TPSA) is 115 Å². The third-order valence-electron chi connectivity index (χ3n) is 6.52. The number of benzene rings is 2. The van der Waals surface area contributed by atoms with Crippen LogP contribution in [0.25, 0.3) is 32.6 Å². The molecule has 5 aromatic rings. The van der Waals surface area contributed by atoms with Crippen LogP contribution in [0.4, 0.5) is 13.2 Å². The third kappa shape index (κ3) is 6.32. The standard InChI is InChI=1S/C29H28F3N5O3/c30-29(31,32)20-4-6-25-19(13-20)14-21(36-25)16-34-8-1-2-10-39-11-12-40-28-23-7-9-35-17-24(23)22-5-3-18(27(33)38)15-26(22)37-28/h3-7,9,13-15,17,34,36H,1-2,8,10-12,16H2,(H2,33,38). The molecule has 0 saturated heterocycles. The van der Waals surface area contributed by atoms with Crippen LogP contribution in [0, 0.1) is 0 Å². The number of amides is 1. The summed E-state index contributed by atoms with van der Waals surface area (Å²) in [5.41, 5.74) is 7.24. The van der Waals surface area contributed by atoms with Crippen LogP contribution in [0.15, 0.2) is 60.9 Å². The second-order valence-electron chi connectivity index (χ2n) is 9.37. The number of carbonyl (C=O) groups excluding carboxylic acids is 1. The van der Waals surface area contributed by atoms with Gasteiger partial charge in [-0.25, -0.2) is 4.98 Å². The minimum atomic E-state index is -4.35. The van der Waals surface area contributed by atoms with E-state index < -0.39 is 17.6 Å². The molecule has 0 aliphatic carbocycles. The highest BCUT2D eigenvalue weighted by molar-refractivity contribution is 6.09. The van der Waals surface area contributed by atoms with Gasteiger partial charge < -0.3 is 25.5 Å². The first-order chi connectivity index (χ1) is 19.3. The summed E-state index contributed by atoms with van der Waals surface area (Å²) >= 11 is 0. The monoisotopic (exact) mass is 551 g/mol. The molecule has 3 heterocycles. The second-order valence-corrected chi connectivity index (χ2v) is 9.37. The number of carbonyl (C=O) groups is 1. The molecule has 1 amide bonds. The maximum absolute atomic E-state index is 12.9. The molecule has 3 aromatic heterocycles. The fourth-order valence-corrected chi connectivity index (χ4v) is 4.52. The van der Waals surface area contributed by atoms with Crippen LogP contribution in [0.3, 0.4) is 0 Å². The lowest BCUT2D eigenvalue weighted by Gasteiger charge is -2.11. The molecule has 0 bridgehead atoms. The molecule has 0 unspecified atom stereocenters. The largest absolute Gasteiger partial charge is 0.475 e. The Bertz CT molecular complexity index is 1650. The minimum Gasteiger partial charge on any atom is -0.475 e. The lowest BCUT2D eigenvalue weighted by Crippen LogP contribution is -2.15. The Kier molecular flexibility index (Phi) is 8.13. The Morgan fingerprint density at radius 2 is 1.85 bits per heavy atom. The van der Waals surface area contributed by atoms with Crippen LogP contribution >= 0.6 is 0 Å². The summed E-state index contributed by atoms with van der Waals surface area (Å²) in [4.78, 5) is 23.5. The first-order valence-electron chi connectivity index (χ1n) is 12.9. The molecule has 4 N–H and O–H groups in total. The van der Waals surface area contributed by atoms with Gasteiger partial charge in [-0.05, 0) is 61.9 Å². The van der Waals surface area contributed by atoms with Crippen LogP contribution in [0.2, 0.25) is 0 Å². The smallest absolute Gasteiger partial charge is 0.416 e. The Hall–Kier alpha value is -4.22. The van der Waals surface area contributed by atoms with E-state index in [-0.39, 0.29) is 0 Å². The van der Waals surface area contributed by atoms with Crippen molar-refractivity contribution in [2.45, 2.75) is 25.6 Å². The number of nitrogens with one attached hydrogen (secondary N) is 2. The van der Waals surface area contributed by atoms with Crippen molar-refractivity contribution in [1.29, 1.82) is 0 Å². The molecule has 5 rings (SSSR count). The number of nitrogens with two attached hydrogens (primary N) is 1. The minimum absolute atomic E-state index is 0.306. The van der Waals surface area contributed by atoms with Crippen LogP contribution < -0.4 is 15.8 Å². The maximum Gasteiger partial charge on any atom is 0.416 e. The lowest BCUT2D eigenvalue weighted by atomic mass is 10.1. The molecule has 8 nitrogen and oxygen atoms in total. The zero-order chi connectivity index (χ0) is 28.1. The summed E-state index contributed by atoms with van der Waals surface area (Å²) in [6.45, 7) is 2.54. The van der Waals surface area contributed by atoms with E-state index in [1.807, 2.05) is 6.07 Å². The summed E-state index contributed by atoms with van der Waals surface area (Å²) in [7, 11) is 0. The molecular weight excluding hydrogens is 523 g/mol. The van der Waals surface area contributed by atoms with E-state index >= 15 is 0 Å². The molecule has 0 spiro atoms. The lowest BCUT2D eigenvalue weighted by molar-refractivity contribution is -0.137. The summed E-state index contributed by atoms with van der Waals surface area (Å²) < 4.78 is 50.3.